The van der Waals surface area contributed by atoms with E-state index in [0.29, 0.717) is 6.04 Å². The van der Waals surface area contributed by atoms with Crippen LogP contribution in [0.1, 0.15) is 43.5 Å². The first-order valence-electron chi connectivity index (χ1n) is 8.04. The molecule has 1 saturated carbocycles. The fourth-order valence-electron chi connectivity index (χ4n) is 2.73. The SMILES string of the molecule is CONCCCn1nc(C(C)NC2CC2)c2ncc(C)cc21. The Morgan fingerprint density at radius 2 is 2.27 bits per heavy atom. The Morgan fingerprint density at radius 3 is 3.00 bits per heavy atom. The molecule has 2 N–H and O–H groups in total. The highest BCUT2D eigenvalue weighted by Gasteiger charge is 2.26. The lowest BCUT2D eigenvalue weighted by atomic mass is 10.2. The molecule has 0 amide bonds. The molecule has 0 saturated heterocycles. The highest BCUT2D eigenvalue weighted by Crippen LogP contribution is 2.27. The summed E-state index contributed by atoms with van der Waals surface area (Å²) in [6.45, 7) is 5.91. The lowest BCUT2D eigenvalue weighted by Gasteiger charge is -2.10. The summed E-state index contributed by atoms with van der Waals surface area (Å²) < 4.78 is 2.08. The van der Waals surface area contributed by atoms with Crippen LogP contribution >= 0.6 is 0 Å². The van der Waals surface area contributed by atoms with Crippen molar-refractivity contribution < 1.29 is 4.84 Å². The van der Waals surface area contributed by atoms with Crippen LogP contribution in [0.3, 0.4) is 0 Å². The van der Waals surface area contributed by atoms with Gasteiger partial charge in [-0.05, 0) is 44.7 Å². The molecule has 0 bridgehead atoms. The van der Waals surface area contributed by atoms with Crippen molar-refractivity contribution in [2.24, 2.45) is 0 Å². The maximum absolute atomic E-state index is 4.88. The van der Waals surface area contributed by atoms with Crippen LogP contribution in [0.25, 0.3) is 11.0 Å². The highest BCUT2D eigenvalue weighted by molar-refractivity contribution is 5.78. The number of hydrogen-bond acceptors (Lipinski definition) is 5. The Kier molecular flexibility index (Phi) is 4.71. The Balaban J connectivity index is 1.84. The van der Waals surface area contributed by atoms with E-state index in [9.17, 15) is 0 Å². The number of nitrogens with zero attached hydrogens (tertiary/aromatic N) is 3. The smallest absolute Gasteiger partial charge is 0.113 e. The first-order valence-corrected chi connectivity index (χ1v) is 8.04. The number of nitrogens with one attached hydrogen (secondary N) is 2. The third-order valence-corrected chi connectivity index (χ3v) is 4.02. The molecule has 3 rings (SSSR count). The van der Waals surface area contributed by atoms with E-state index in [1.54, 1.807) is 7.11 Å². The van der Waals surface area contributed by atoms with Gasteiger partial charge in [-0.3, -0.25) is 9.67 Å². The second kappa shape index (κ2) is 6.73. The molecule has 120 valence electrons. The number of hydrogen-bond donors (Lipinski definition) is 2. The van der Waals surface area contributed by atoms with Crippen LogP contribution < -0.4 is 10.8 Å². The van der Waals surface area contributed by atoms with Crippen LogP contribution in [0.5, 0.6) is 0 Å². The molecule has 1 unspecified atom stereocenters. The molecule has 1 fully saturated rings. The molecule has 0 aromatic carbocycles. The van der Waals surface area contributed by atoms with Crippen molar-refractivity contribution in [2.45, 2.75) is 51.7 Å². The molecular weight excluding hydrogens is 278 g/mol. The van der Waals surface area contributed by atoms with Gasteiger partial charge in [-0.2, -0.15) is 5.10 Å². The maximum atomic E-state index is 4.88. The van der Waals surface area contributed by atoms with E-state index in [4.69, 9.17) is 9.94 Å². The predicted molar refractivity (Wildman–Crippen MR) is 86.5 cm³/mol. The van der Waals surface area contributed by atoms with Crippen LogP contribution in [0, 0.1) is 6.92 Å². The summed E-state index contributed by atoms with van der Waals surface area (Å²) in [5, 5.41) is 8.45. The van der Waals surface area contributed by atoms with E-state index in [1.165, 1.54) is 12.8 Å². The number of rotatable bonds is 8. The second-order valence-electron chi connectivity index (χ2n) is 6.10. The molecule has 6 heteroatoms. The zero-order valence-corrected chi connectivity index (χ0v) is 13.6. The molecule has 2 aromatic rings. The number of hydroxylamine groups is 1. The summed E-state index contributed by atoms with van der Waals surface area (Å²) in [6, 6.07) is 3.07. The number of aromatic nitrogens is 3. The monoisotopic (exact) mass is 303 g/mol. The summed E-state index contributed by atoms with van der Waals surface area (Å²) in [6.07, 6.45) is 5.44. The zero-order valence-electron chi connectivity index (χ0n) is 13.6. The van der Waals surface area contributed by atoms with Crippen molar-refractivity contribution in [3.63, 3.8) is 0 Å². The van der Waals surface area contributed by atoms with Crippen LogP contribution in [-0.4, -0.2) is 34.5 Å². The Morgan fingerprint density at radius 1 is 1.45 bits per heavy atom. The van der Waals surface area contributed by atoms with Crippen molar-refractivity contribution in [2.75, 3.05) is 13.7 Å². The molecule has 0 spiro atoms. The summed E-state index contributed by atoms with van der Waals surface area (Å²) in [4.78, 5) is 9.51. The van der Waals surface area contributed by atoms with Crippen LogP contribution in [-0.2, 0) is 11.4 Å². The topological polar surface area (TPSA) is 64.0 Å². The van der Waals surface area contributed by atoms with Crippen molar-refractivity contribution in [1.82, 2.24) is 25.6 Å². The van der Waals surface area contributed by atoms with Gasteiger partial charge < -0.3 is 10.2 Å². The van der Waals surface area contributed by atoms with E-state index >= 15 is 0 Å². The van der Waals surface area contributed by atoms with Crippen LogP contribution in [0.4, 0.5) is 0 Å². The minimum Gasteiger partial charge on any atom is -0.306 e. The van der Waals surface area contributed by atoms with E-state index in [0.717, 1.165) is 41.8 Å². The molecule has 6 nitrogen and oxygen atoms in total. The maximum Gasteiger partial charge on any atom is 0.113 e. The van der Waals surface area contributed by atoms with Gasteiger partial charge >= 0.3 is 0 Å². The summed E-state index contributed by atoms with van der Waals surface area (Å²) in [5.41, 5.74) is 7.24. The Bertz CT molecular complexity index is 635. The molecule has 0 aliphatic heterocycles. The van der Waals surface area contributed by atoms with Crippen molar-refractivity contribution in [1.29, 1.82) is 0 Å². The largest absolute Gasteiger partial charge is 0.306 e. The van der Waals surface area contributed by atoms with E-state index in [2.05, 4.69) is 40.4 Å². The van der Waals surface area contributed by atoms with E-state index < -0.39 is 0 Å². The highest BCUT2D eigenvalue weighted by atomic mass is 16.6. The first kappa shape index (κ1) is 15.4. The third-order valence-electron chi connectivity index (χ3n) is 4.02. The molecular formula is C16H25N5O. The first-order chi connectivity index (χ1) is 10.7. The molecule has 1 aliphatic carbocycles. The number of aryl methyl sites for hydroxylation is 2. The van der Waals surface area contributed by atoms with Gasteiger partial charge in [0.1, 0.15) is 11.2 Å². The van der Waals surface area contributed by atoms with Crippen LogP contribution in [0.2, 0.25) is 0 Å². The molecule has 1 aliphatic rings. The minimum atomic E-state index is 0.239. The number of fused-ring (bicyclic) bond motifs is 1. The standard InChI is InChI=1S/C16H25N5O/c1-11-9-14-16(17-10-11)15(12(2)19-13-5-6-13)20-21(14)8-4-7-18-22-3/h9-10,12-13,18-19H,4-8H2,1-3H3. The average Bonchev–Trinajstić information content (AvgIpc) is 3.24. The summed E-state index contributed by atoms with van der Waals surface area (Å²) in [5.74, 6) is 0. The predicted octanol–water partition coefficient (Wildman–Crippen LogP) is 2.09. The van der Waals surface area contributed by atoms with Gasteiger partial charge in [0.05, 0.1) is 18.7 Å². The van der Waals surface area contributed by atoms with Crippen molar-refractivity contribution >= 4 is 11.0 Å². The molecule has 1 atom stereocenters. The second-order valence-corrected chi connectivity index (χ2v) is 6.10. The quantitative estimate of drug-likeness (QED) is 0.577. The third kappa shape index (κ3) is 3.45. The Labute approximate surface area is 131 Å². The van der Waals surface area contributed by atoms with Gasteiger partial charge in [-0.25, -0.2) is 5.48 Å². The summed E-state index contributed by atoms with van der Waals surface area (Å²) >= 11 is 0. The fourth-order valence-corrected chi connectivity index (χ4v) is 2.73. The lowest BCUT2D eigenvalue weighted by Crippen LogP contribution is -2.21. The number of pyridine rings is 1. The zero-order chi connectivity index (χ0) is 15.5. The summed E-state index contributed by atoms with van der Waals surface area (Å²) in [7, 11) is 1.64. The van der Waals surface area contributed by atoms with Gasteiger partial charge in [0.15, 0.2) is 0 Å². The van der Waals surface area contributed by atoms with Crippen molar-refractivity contribution in [3.05, 3.63) is 23.5 Å². The van der Waals surface area contributed by atoms with Crippen LogP contribution in [0.15, 0.2) is 12.3 Å². The van der Waals surface area contributed by atoms with E-state index in [1.807, 2.05) is 6.20 Å². The molecule has 22 heavy (non-hydrogen) atoms. The average molecular weight is 303 g/mol. The molecule has 2 heterocycles. The molecule has 2 aromatic heterocycles. The van der Waals surface area contributed by atoms with Gasteiger partial charge in [0.2, 0.25) is 0 Å². The van der Waals surface area contributed by atoms with Crippen molar-refractivity contribution in [3.8, 4) is 0 Å². The molecule has 0 radical (unpaired) electrons. The lowest BCUT2D eigenvalue weighted by molar-refractivity contribution is 0.0899. The Hall–Kier alpha value is -1.50. The van der Waals surface area contributed by atoms with E-state index in [-0.39, 0.29) is 6.04 Å². The minimum absolute atomic E-state index is 0.239. The normalized spacial score (nSPS) is 16.3. The van der Waals surface area contributed by atoms with Gasteiger partial charge in [0, 0.05) is 25.3 Å². The van der Waals surface area contributed by atoms with Gasteiger partial charge in [-0.15, -0.1) is 0 Å². The van der Waals surface area contributed by atoms with Gasteiger partial charge in [0.25, 0.3) is 0 Å². The van der Waals surface area contributed by atoms with Gasteiger partial charge in [-0.1, -0.05) is 0 Å². The fraction of sp³-hybridized carbons (Fsp3) is 0.625.